The summed E-state index contributed by atoms with van der Waals surface area (Å²) in [5.74, 6) is -0.303. The highest BCUT2D eigenvalue weighted by Crippen LogP contribution is 2.20. The Balaban J connectivity index is 1.87. The fourth-order valence-corrected chi connectivity index (χ4v) is 2.50. The lowest BCUT2D eigenvalue weighted by atomic mass is 9.88. The maximum atomic E-state index is 13.0. The normalized spacial score (nSPS) is 12.7. The molecule has 2 amide bonds. The van der Waals surface area contributed by atoms with E-state index in [4.69, 9.17) is 0 Å². The fourth-order valence-electron chi connectivity index (χ4n) is 2.50. The summed E-state index contributed by atoms with van der Waals surface area (Å²) in [4.78, 5) is 12.0. The first-order chi connectivity index (χ1) is 11.8. The molecule has 0 radical (unpaired) electrons. The third-order valence-corrected chi connectivity index (χ3v) is 3.58. The number of rotatable bonds is 6. The molecule has 0 saturated carbocycles. The number of hydrogen-bond donors (Lipinski definition) is 3. The zero-order chi connectivity index (χ0) is 18.4. The molecule has 136 valence electrons. The number of aliphatic hydroxyl groups is 1. The van der Waals surface area contributed by atoms with Gasteiger partial charge in [-0.1, -0.05) is 20.8 Å². The van der Waals surface area contributed by atoms with Crippen LogP contribution in [0, 0.1) is 11.2 Å². The van der Waals surface area contributed by atoms with Gasteiger partial charge in [0.05, 0.1) is 30.6 Å². The van der Waals surface area contributed by atoms with Gasteiger partial charge < -0.3 is 15.7 Å². The van der Waals surface area contributed by atoms with Gasteiger partial charge in [-0.25, -0.2) is 13.9 Å². The number of aliphatic hydroxyl groups excluding tert-OH is 1. The Bertz CT molecular complexity index is 692. The van der Waals surface area contributed by atoms with Gasteiger partial charge >= 0.3 is 6.03 Å². The van der Waals surface area contributed by atoms with Crippen LogP contribution in [0.3, 0.4) is 0 Å². The standard InChI is InChI=1S/C18H25FN4O2/c1-18(2,3)10-15(12-24)21-17(25)20-11-14-8-9-23(22-14)16-6-4-13(19)5-7-16/h4-9,15,24H,10-12H2,1-3H3,(H2,20,21,25). The summed E-state index contributed by atoms with van der Waals surface area (Å²) in [5, 5.41) is 19.2. The van der Waals surface area contributed by atoms with Crippen LogP contribution in [-0.4, -0.2) is 33.6 Å². The molecule has 1 atom stereocenters. The van der Waals surface area contributed by atoms with E-state index < -0.39 is 0 Å². The molecule has 0 bridgehead atoms. The molecule has 6 nitrogen and oxygen atoms in total. The molecule has 0 saturated heterocycles. The predicted octanol–water partition coefficient (Wildman–Crippen LogP) is 2.61. The number of nitrogens with zero attached hydrogens (tertiary/aromatic N) is 2. The number of halogens is 1. The molecular formula is C18H25FN4O2. The van der Waals surface area contributed by atoms with E-state index in [-0.39, 0.29) is 36.5 Å². The fraction of sp³-hybridized carbons (Fsp3) is 0.444. The van der Waals surface area contributed by atoms with Crippen molar-refractivity contribution in [1.82, 2.24) is 20.4 Å². The Hall–Kier alpha value is -2.41. The molecule has 0 aliphatic heterocycles. The second kappa shape index (κ2) is 8.11. The van der Waals surface area contributed by atoms with Crippen LogP contribution in [0.2, 0.25) is 0 Å². The molecular weight excluding hydrogens is 323 g/mol. The maximum absolute atomic E-state index is 13.0. The highest BCUT2D eigenvalue weighted by Gasteiger charge is 2.19. The third kappa shape index (κ3) is 6.19. The maximum Gasteiger partial charge on any atom is 0.315 e. The van der Waals surface area contributed by atoms with Crippen LogP contribution in [0.1, 0.15) is 32.9 Å². The van der Waals surface area contributed by atoms with E-state index >= 15 is 0 Å². The number of carbonyl (C=O) groups excluding carboxylic acids is 1. The van der Waals surface area contributed by atoms with E-state index in [0.29, 0.717) is 12.1 Å². The van der Waals surface area contributed by atoms with Crippen molar-refractivity contribution in [2.75, 3.05) is 6.61 Å². The second-order valence-electron chi connectivity index (χ2n) is 7.20. The third-order valence-electron chi connectivity index (χ3n) is 3.58. The van der Waals surface area contributed by atoms with Gasteiger partial charge in [-0.3, -0.25) is 0 Å². The molecule has 1 unspecified atom stereocenters. The van der Waals surface area contributed by atoms with E-state index in [1.807, 2.05) is 0 Å². The van der Waals surface area contributed by atoms with Crippen LogP contribution in [-0.2, 0) is 6.54 Å². The average molecular weight is 348 g/mol. The number of nitrogens with one attached hydrogen (secondary N) is 2. The molecule has 7 heteroatoms. The molecule has 3 N–H and O–H groups in total. The molecule has 25 heavy (non-hydrogen) atoms. The Labute approximate surface area is 147 Å². The van der Waals surface area contributed by atoms with E-state index in [1.54, 1.807) is 29.1 Å². The van der Waals surface area contributed by atoms with Gasteiger partial charge in [-0.05, 0) is 42.2 Å². The smallest absolute Gasteiger partial charge is 0.315 e. The quantitative estimate of drug-likeness (QED) is 0.751. The van der Waals surface area contributed by atoms with Crippen molar-refractivity contribution in [2.24, 2.45) is 5.41 Å². The van der Waals surface area contributed by atoms with Gasteiger partial charge in [0.1, 0.15) is 5.82 Å². The number of benzene rings is 1. The van der Waals surface area contributed by atoms with Crippen LogP contribution in [0.15, 0.2) is 36.5 Å². The number of hydrogen-bond acceptors (Lipinski definition) is 3. The van der Waals surface area contributed by atoms with Crippen molar-refractivity contribution >= 4 is 6.03 Å². The largest absolute Gasteiger partial charge is 0.394 e. The molecule has 1 aromatic carbocycles. The Morgan fingerprint density at radius 2 is 1.96 bits per heavy atom. The average Bonchev–Trinajstić information content (AvgIpc) is 3.00. The number of urea groups is 1. The monoisotopic (exact) mass is 348 g/mol. The molecule has 1 heterocycles. The van der Waals surface area contributed by atoms with Crippen molar-refractivity contribution in [2.45, 2.75) is 39.8 Å². The first kappa shape index (κ1) is 18.9. The molecule has 2 rings (SSSR count). The molecule has 0 aliphatic rings. The molecule has 0 spiro atoms. The van der Waals surface area contributed by atoms with Crippen LogP contribution < -0.4 is 10.6 Å². The van der Waals surface area contributed by atoms with Gasteiger partial charge in [-0.2, -0.15) is 5.10 Å². The van der Waals surface area contributed by atoms with Crippen LogP contribution in [0.4, 0.5) is 9.18 Å². The van der Waals surface area contributed by atoms with Gasteiger partial charge in [-0.15, -0.1) is 0 Å². The SMILES string of the molecule is CC(C)(C)CC(CO)NC(=O)NCc1ccn(-c2ccc(F)cc2)n1. The molecule has 2 aromatic rings. The predicted molar refractivity (Wildman–Crippen MR) is 93.8 cm³/mol. The van der Waals surface area contributed by atoms with Crippen LogP contribution >= 0.6 is 0 Å². The lowest BCUT2D eigenvalue weighted by Gasteiger charge is -2.25. The molecule has 0 fully saturated rings. The minimum Gasteiger partial charge on any atom is -0.394 e. The van der Waals surface area contributed by atoms with Crippen LogP contribution in [0.5, 0.6) is 0 Å². The molecule has 0 aliphatic carbocycles. The summed E-state index contributed by atoms with van der Waals surface area (Å²) in [5.41, 5.74) is 1.42. The van der Waals surface area contributed by atoms with E-state index in [1.165, 1.54) is 12.1 Å². The summed E-state index contributed by atoms with van der Waals surface area (Å²) in [6.45, 7) is 6.31. The highest BCUT2D eigenvalue weighted by molar-refractivity contribution is 5.74. The van der Waals surface area contributed by atoms with Crippen molar-refractivity contribution in [3.05, 3.63) is 48.0 Å². The Morgan fingerprint density at radius 1 is 1.28 bits per heavy atom. The van der Waals surface area contributed by atoms with E-state index in [0.717, 1.165) is 5.69 Å². The first-order valence-corrected chi connectivity index (χ1v) is 8.22. The summed E-state index contributed by atoms with van der Waals surface area (Å²) in [6, 6.07) is 7.13. The second-order valence-corrected chi connectivity index (χ2v) is 7.20. The Kier molecular flexibility index (Phi) is 6.14. The van der Waals surface area contributed by atoms with E-state index in [9.17, 15) is 14.3 Å². The van der Waals surface area contributed by atoms with Crippen molar-refractivity contribution < 1.29 is 14.3 Å². The van der Waals surface area contributed by atoms with Gasteiger partial charge in [0.15, 0.2) is 0 Å². The van der Waals surface area contributed by atoms with Gasteiger partial charge in [0.2, 0.25) is 0 Å². The number of aromatic nitrogens is 2. The van der Waals surface area contributed by atoms with Crippen molar-refractivity contribution in [3.8, 4) is 5.69 Å². The lowest BCUT2D eigenvalue weighted by molar-refractivity contribution is 0.190. The zero-order valence-corrected chi connectivity index (χ0v) is 14.8. The minimum atomic E-state index is -0.348. The summed E-state index contributed by atoms with van der Waals surface area (Å²) >= 11 is 0. The molecule has 1 aromatic heterocycles. The van der Waals surface area contributed by atoms with Crippen molar-refractivity contribution in [3.63, 3.8) is 0 Å². The van der Waals surface area contributed by atoms with Crippen LogP contribution in [0.25, 0.3) is 5.69 Å². The Morgan fingerprint density at radius 3 is 2.56 bits per heavy atom. The zero-order valence-electron chi connectivity index (χ0n) is 14.8. The van der Waals surface area contributed by atoms with E-state index in [2.05, 4.69) is 36.5 Å². The summed E-state index contributed by atoms with van der Waals surface area (Å²) in [7, 11) is 0. The highest BCUT2D eigenvalue weighted by atomic mass is 19.1. The summed E-state index contributed by atoms with van der Waals surface area (Å²) in [6.07, 6.45) is 2.43. The number of carbonyl (C=O) groups is 1. The van der Waals surface area contributed by atoms with Crippen molar-refractivity contribution in [1.29, 1.82) is 0 Å². The summed E-state index contributed by atoms with van der Waals surface area (Å²) < 4.78 is 14.6. The van der Waals surface area contributed by atoms with Gasteiger partial charge in [0, 0.05) is 6.20 Å². The first-order valence-electron chi connectivity index (χ1n) is 8.22. The number of amides is 2. The lowest BCUT2D eigenvalue weighted by Crippen LogP contribution is -2.45. The van der Waals surface area contributed by atoms with Gasteiger partial charge in [0.25, 0.3) is 0 Å². The topological polar surface area (TPSA) is 79.2 Å². The minimum absolute atomic E-state index is 0.00854.